The minimum Gasteiger partial charge on any atom is -0.481 e. The molecule has 3 atom stereocenters. The van der Waals surface area contributed by atoms with E-state index in [1.807, 2.05) is 20.8 Å². The molecule has 0 aromatic carbocycles. The highest BCUT2D eigenvalue weighted by Crippen LogP contribution is 2.67. The summed E-state index contributed by atoms with van der Waals surface area (Å²) in [6.45, 7) is 5.80. The smallest absolute Gasteiger partial charge is 0.331 e. The molecule has 2 bridgehead atoms. The zero-order chi connectivity index (χ0) is 12.3. The molecule has 1 fully saturated rings. The fraction of sp³-hybridized carbons (Fsp3) is 0.667. The Morgan fingerprint density at radius 2 is 1.88 bits per heavy atom. The number of allylic oxidation sites excluding steroid dienone is 1. The topological polar surface area (TPSA) is 74.6 Å². The second-order valence-electron chi connectivity index (χ2n) is 5.61. The Hall–Kier alpha value is -1.32. The number of hydrogen-bond donors (Lipinski definition) is 2. The van der Waals surface area contributed by atoms with Crippen LogP contribution >= 0.6 is 0 Å². The molecular formula is C12H16O4. The summed E-state index contributed by atoms with van der Waals surface area (Å²) in [5, 5.41) is 18.3. The van der Waals surface area contributed by atoms with E-state index in [0.29, 0.717) is 12.0 Å². The van der Waals surface area contributed by atoms with Crippen molar-refractivity contribution in [2.24, 2.45) is 22.7 Å². The maximum Gasteiger partial charge on any atom is 0.331 e. The first-order valence-corrected chi connectivity index (χ1v) is 5.40. The average molecular weight is 224 g/mol. The van der Waals surface area contributed by atoms with Crippen molar-refractivity contribution in [3.63, 3.8) is 0 Å². The fourth-order valence-electron chi connectivity index (χ4n) is 3.39. The van der Waals surface area contributed by atoms with Crippen LogP contribution < -0.4 is 0 Å². The lowest BCUT2D eigenvalue weighted by molar-refractivity contribution is -0.143. The normalized spacial score (nSPS) is 39.6. The number of hydrogen-bond acceptors (Lipinski definition) is 2. The Kier molecular flexibility index (Phi) is 2.00. The van der Waals surface area contributed by atoms with E-state index in [9.17, 15) is 9.59 Å². The van der Waals surface area contributed by atoms with Crippen LogP contribution in [-0.2, 0) is 9.59 Å². The summed E-state index contributed by atoms with van der Waals surface area (Å²) in [4.78, 5) is 22.3. The molecular weight excluding hydrogens is 208 g/mol. The number of fused-ring (bicyclic) bond motifs is 2. The van der Waals surface area contributed by atoms with Gasteiger partial charge < -0.3 is 10.2 Å². The Bertz CT molecular complexity index is 407. The largest absolute Gasteiger partial charge is 0.481 e. The molecule has 0 spiro atoms. The third-order valence-electron chi connectivity index (χ3n) is 4.81. The first-order chi connectivity index (χ1) is 7.22. The second-order valence-corrected chi connectivity index (χ2v) is 5.61. The fourth-order valence-corrected chi connectivity index (χ4v) is 3.39. The lowest BCUT2D eigenvalue weighted by atomic mass is 9.67. The highest BCUT2D eigenvalue weighted by Gasteiger charge is 2.64. The van der Waals surface area contributed by atoms with E-state index in [1.54, 1.807) is 6.08 Å². The van der Waals surface area contributed by atoms with Crippen molar-refractivity contribution in [2.45, 2.75) is 27.2 Å². The molecule has 0 aromatic heterocycles. The lowest BCUT2D eigenvalue weighted by Gasteiger charge is -2.35. The SMILES string of the molecule is CC12CC(C(=O)O)C(C=C1C(=O)O)C2(C)C. The molecule has 16 heavy (non-hydrogen) atoms. The quantitative estimate of drug-likeness (QED) is 0.749. The standard InChI is InChI=1S/C12H16O4/c1-11(2)7-4-8(10(15)16)12(11,3)5-6(7)9(13)14/h4,6-7H,5H2,1-3H3,(H,13,14)(H,15,16). The molecule has 1 saturated carbocycles. The molecule has 0 radical (unpaired) electrons. The predicted octanol–water partition coefficient (Wildman–Crippen LogP) is 1.76. The van der Waals surface area contributed by atoms with Crippen LogP contribution in [0, 0.1) is 22.7 Å². The van der Waals surface area contributed by atoms with Crippen molar-refractivity contribution < 1.29 is 19.8 Å². The van der Waals surface area contributed by atoms with E-state index in [4.69, 9.17) is 10.2 Å². The van der Waals surface area contributed by atoms with Gasteiger partial charge >= 0.3 is 11.9 Å². The monoisotopic (exact) mass is 224 g/mol. The number of aliphatic carboxylic acids is 2. The molecule has 0 aliphatic heterocycles. The third-order valence-corrected chi connectivity index (χ3v) is 4.81. The molecule has 0 amide bonds. The van der Waals surface area contributed by atoms with Gasteiger partial charge in [-0.15, -0.1) is 0 Å². The van der Waals surface area contributed by atoms with Crippen LogP contribution in [0.4, 0.5) is 0 Å². The van der Waals surface area contributed by atoms with Gasteiger partial charge in [-0.1, -0.05) is 26.8 Å². The van der Waals surface area contributed by atoms with Gasteiger partial charge in [-0.2, -0.15) is 0 Å². The van der Waals surface area contributed by atoms with Crippen molar-refractivity contribution in [1.29, 1.82) is 0 Å². The van der Waals surface area contributed by atoms with E-state index in [0.717, 1.165) is 0 Å². The number of carboxylic acids is 2. The van der Waals surface area contributed by atoms with Crippen molar-refractivity contribution >= 4 is 11.9 Å². The molecule has 2 aliphatic rings. The summed E-state index contributed by atoms with van der Waals surface area (Å²) in [7, 11) is 0. The van der Waals surface area contributed by atoms with Crippen LogP contribution in [0.25, 0.3) is 0 Å². The lowest BCUT2D eigenvalue weighted by Crippen LogP contribution is -2.32. The molecule has 0 saturated heterocycles. The molecule has 2 aliphatic carbocycles. The minimum atomic E-state index is -0.915. The summed E-state index contributed by atoms with van der Waals surface area (Å²) < 4.78 is 0. The maximum absolute atomic E-state index is 11.1. The van der Waals surface area contributed by atoms with Crippen LogP contribution in [-0.4, -0.2) is 22.2 Å². The zero-order valence-electron chi connectivity index (χ0n) is 9.65. The van der Waals surface area contributed by atoms with Gasteiger partial charge in [0.15, 0.2) is 0 Å². The van der Waals surface area contributed by atoms with Gasteiger partial charge in [0.05, 0.1) is 5.92 Å². The first kappa shape index (κ1) is 11.2. The van der Waals surface area contributed by atoms with Gasteiger partial charge in [0.1, 0.15) is 0 Å². The molecule has 4 heteroatoms. The summed E-state index contributed by atoms with van der Waals surface area (Å²) in [6.07, 6.45) is 2.09. The molecule has 0 aromatic rings. The maximum atomic E-state index is 11.1. The molecule has 0 heterocycles. The summed E-state index contributed by atoms with van der Waals surface area (Å²) in [6, 6.07) is 0. The van der Waals surface area contributed by atoms with E-state index >= 15 is 0 Å². The summed E-state index contributed by atoms with van der Waals surface area (Å²) >= 11 is 0. The Balaban J connectivity index is 2.50. The van der Waals surface area contributed by atoms with E-state index in [-0.39, 0.29) is 11.3 Å². The van der Waals surface area contributed by atoms with Gasteiger partial charge in [-0.05, 0) is 17.8 Å². The Morgan fingerprint density at radius 1 is 1.31 bits per heavy atom. The predicted molar refractivity (Wildman–Crippen MR) is 56.8 cm³/mol. The van der Waals surface area contributed by atoms with E-state index < -0.39 is 23.3 Å². The average Bonchev–Trinajstić information content (AvgIpc) is 2.45. The van der Waals surface area contributed by atoms with Crippen molar-refractivity contribution in [3.8, 4) is 0 Å². The summed E-state index contributed by atoms with van der Waals surface area (Å²) in [5.74, 6) is -2.34. The van der Waals surface area contributed by atoms with Gasteiger partial charge in [0, 0.05) is 11.0 Å². The van der Waals surface area contributed by atoms with Crippen molar-refractivity contribution in [1.82, 2.24) is 0 Å². The second kappa shape index (κ2) is 2.87. The number of carboxylic acid groups (broad SMARTS) is 2. The Morgan fingerprint density at radius 3 is 2.19 bits per heavy atom. The van der Waals surface area contributed by atoms with Crippen LogP contribution in [0.15, 0.2) is 11.6 Å². The highest BCUT2D eigenvalue weighted by atomic mass is 16.4. The van der Waals surface area contributed by atoms with Gasteiger partial charge in [-0.25, -0.2) is 4.79 Å². The molecule has 2 N–H and O–H groups in total. The number of carbonyl (C=O) groups is 2. The molecule has 4 nitrogen and oxygen atoms in total. The van der Waals surface area contributed by atoms with E-state index in [2.05, 4.69) is 0 Å². The van der Waals surface area contributed by atoms with Gasteiger partial charge in [0.2, 0.25) is 0 Å². The van der Waals surface area contributed by atoms with Gasteiger partial charge in [0.25, 0.3) is 0 Å². The molecule has 88 valence electrons. The van der Waals surface area contributed by atoms with Crippen LogP contribution in [0.1, 0.15) is 27.2 Å². The van der Waals surface area contributed by atoms with Crippen LogP contribution in [0.5, 0.6) is 0 Å². The van der Waals surface area contributed by atoms with Crippen molar-refractivity contribution in [2.75, 3.05) is 0 Å². The van der Waals surface area contributed by atoms with Crippen LogP contribution in [0.2, 0.25) is 0 Å². The highest BCUT2D eigenvalue weighted by molar-refractivity contribution is 5.90. The Labute approximate surface area is 94.0 Å². The van der Waals surface area contributed by atoms with E-state index in [1.165, 1.54) is 0 Å². The van der Waals surface area contributed by atoms with Gasteiger partial charge in [-0.3, -0.25) is 4.79 Å². The van der Waals surface area contributed by atoms with Crippen LogP contribution in [0.3, 0.4) is 0 Å². The minimum absolute atomic E-state index is 0.166. The molecule has 3 unspecified atom stereocenters. The third kappa shape index (κ3) is 1.05. The molecule has 2 rings (SSSR count). The zero-order valence-corrected chi connectivity index (χ0v) is 9.65. The van der Waals surface area contributed by atoms with Crippen molar-refractivity contribution in [3.05, 3.63) is 11.6 Å². The number of rotatable bonds is 2. The first-order valence-electron chi connectivity index (χ1n) is 5.40. The summed E-state index contributed by atoms with van der Waals surface area (Å²) in [5.41, 5.74) is -0.420.